The van der Waals surface area contributed by atoms with Gasteiger partial charge in [-0.1, -0.05) is 19.8 Å². The minimum absolute atomic E-state index is 0.0124. The maximum Gasteiger partial charge on any atom is 0.213 e. The first-order valence-corrected chi connectivity index (χ1v) is 9.34. The van der Waals surface area contributed by atoms with Gasteiger partial charge in [0.1, 0.15) is 11.6 Å². The third-order valence-electron chi connectivity index (χ3n) is 4.05. The van der Waals surface area contributed by atoms with E-state index in [2.05, 4.69) is 20.1 Å². The summed E-state index contributed by atoms with van der Waals surface area (Å²) in [7, 11) is 0. The summed E-state index contributed by atoms with van der Waals surface area (Å²) in [5.41, 5.74) is 0. The molecule has 0 radical (unpaired) electrons. The van der Waals surface area contributed by atoms with Gasteiger partial charge in [0.2, 0.25) is 5.16 Å². The van der Waals surface area contributed by atoms with Crippen LogP contribution in [0.5, 0.6) is 0 Å². The molecule has 134 valence electrons. The molecule has 0 amide bonds. The van der Waals surface area contributed by atoms with E-state index >= 15 is 0 Å². The van der Waals surface area contributed by atoms with E-state index in [9.17, 15) is 9.90 Å². The largest absolute Gasteiger partial charge is 0.544 e. The molecular weight excluding hydrogens is 340 g/mol. The van der Waals surface area contributed by atoms with E-state index in [0.717, 1.165) is 43.6 Å². The molecule has 8 heteroatoms. The molecule has 0 spiro atoms. The van der Waals surface area contributed by atoms with Gasteiger partial charge in [-0.05, 0) is 36.7 Å². The lowest BCUT2D eigenvalue weighted by molar-refractivity contribution is -0.298. The minimum atomic E-state index is -1.28. The highest BCUT2D eigenvalue weighted by molar-refractivity contribution is 8.04. The zero-order valence-electron chi connectivity index (χ0n) is 14.2. The second-order valence-corrected chi connectivity index (χ2v) is 6.90. The number of thioether (sulfide) groups is 1. The van der Waals surface area contributed by atoms with Gasteiger partial charge in [-0.3, -0.25) is 5.10 Å². The number of carbonyl (C=O) groups is 1. The van der Waals surface area contributed by atoms with Gasteiger partial charge in [-0.15, -0.1) is 5.10 Å². The van der Waals surface area contributed by atoms with Crippen LogP contribution in [-0.4, -0.2) is 34.2 Å². The van der Waals surface area contributed by atoms with Crippen LogP contribution in [0, 0.1) is 0 Å². The summed E-state index contributed by atoms with van der Waals surface area (Å²) < 4.78 is 5.82. The van der Waals surface area contributed by atoms with E-state index in [1.54, 1.807) is 6.07 Å². The molecule has 1 N–H and O–H groups in total. The molecule has 7 nitrogen and oxygen atoms in total. The lowest BCUT2D eigenvalue weighted by Crippen LogP contribution is -2.23. The molecule has 0 bridgehead atoms. The quantitative estimate of drug-likeness (QED) is 0.622. The number of hydrogen-bond donors (Lipinski definition) is 1. The second-order valence-electron chi connectivity index (χ2n) is 5.89. The van der Waals surface area contributed by atoms with Crippen LogP contribution in [0.3, 0.4) is 0 Å². The Morgan fingerprint density at radius 3 is 2.76 bits per heavy atom. The summed E-state index contributed by atoms with van der Waals surface area (Å²) in [6, 6.07) is 3.66. The van der Waals surface area contributed by atoms with E-state index in [1.807, 2.05) is 13.0 Å². The Kier molecular flexibility index (Phi) is 5.80. The van der Waals surface area contributed by atoms with Crippen LogP contribution in [0.4, 0.5) is 5.88 Å². The van der Waals surface area contributed by atoms with Gasteiger partial charge in [0.05, 0.1) is 5.97 Å². The number of aromatic nitrogens is 3. The van der Waals surface area contributed by atoms with Crippen molar-refractivity contribution in [3.8, 4) is 0 Å². The molecule has 0 atom stereocenters. The number of nitrogens with zero attached hydrogens (tertiary/aromatic N) is 3. The van der Waals surface area contributed by atoms with Crippen molar-refractivity contribution in [2.45, 2.75) is 44.2 Å². The van der Waals surface area contributed by atoms with Crippen LogP contribution in [0.15, 0.2) is 26.6 Å². The van der Waals surface area contributed by atoms with Crippen LogP contribution >= 0.6 is 11.8 Å². The first-order chi connectivity index (χ1) is 12.2. The third kappa shape index (κ3) is 4.66. The molecule has 0 aromatic carbocycles. The fraction of sp³-hybridized carbons (Fsp3) is 0.471. The molecule has 0 aliphatic carbocycles. The molecule has 3 rings (SSSR count). The smallest absolute Gasteiger partial charge is 0.213 e. The van der Waals surface area contributed by atoms with Crippen molar-refractivity contribution < 1.29 is 14.3 Å². The van der Waals surface area contributed by atoms with Crippen LogP contribution in [-0.2, 0) is 11.2 Å². The van der Waals surface area contributed by atoms with Crippen molar-refractivity contribution in [1.82, 2.24) is 15.2 Å². The van der Waals surface area contributed by atoms with E-state index in [0.29, 0.717) is 23.2 Å². The zero-order valence-corrected chi connectivity index (χ0v) is 15.0. The Bertz CT molecular complexity index is 745. The van der Waals surface area contributed by atoms with E-state index in [1.165, 1.54) is 18.9 Å². The molecule has 1 saturated heterocycles. The SMILES string of the molecule is CCc1nc(S/C(=C/c2ccc(N3CCCCCC3)o2)C(=O)[O-])n[nH]1. The minimum Gasteiger partial charge on any atom is -0.544 e. The molecule has 3 heterocycles. The lowest BCUT2D eigenvalue weighted by atomic mass is 10.2. The monoisotopic (exact) mass is 361 g/mol. The zero-order chi connectivity index (χ0) is 17.6. The Labute approximate surface area is 150 Å². The molecule has 2 aromatic heterocycles. The van der Waals surface area contributed by atoms with Crippen LogP contribution in [0.2, 0.25) is 0 Å². The molecule has 0 unspecified atom stereocenters. The van der Waals surface area contributed by atoms with Gasteiger partial charge in [0.25, 0.3) is 0 Å². The number of carboxylic acid groups (broad SMARTS) is 1. The summed E-state index contributed by atoms with van der Waals surface area (Å²) in [6.07, 6.45) is 6.95. The normalized spacial score (nSPS) is 16.0. The summed E-state index contributed by atoms with van der Waals surface area (Å²) >= 11 is 0.948. The first kappa shape index (κ1) is 17.6. The molecule has 25 heavy (non-hydrogen) atoms. The number of anilines is 1. The van der Waals surface area contributed by atoms with Crippen LogP contribution < -0.4 is 10.0 Å². The van der Waals surface area contributed by atoms with Crippen molar-refractivity contribution in [2.75, 3.05) is 18.0 Å². The standard InChI is InChI=1S/C17H22N4O3S/c1-2-14-18-17(20-19-14)25-13(16(22)23)11-12-7-8-15(24-12)21-9-5-3-4-6-10-21/h7-8,11H,2-6,9-10H2,1H3,(H,22,23)(H,18,19,20)/p-1/b13-11+. The topological polar surface area (TPSA) is 98.1 Å². The number of aryl methyl sites for hydroxylation is 1. The Morgan fingerprint density at radius 2 is 2.12 bits per heavy atom. The van der Waals surface area contributed by atoms with Crippen molar-refractivity contribution in [1.29, 1.82) is 0 Å². The third-order valence-corrected chi connectivity index (χ3v) is 4.92. The summed E-state index contributed by atoms with van der Waals surface area (Å²) in [5.74, 6) is 0.696. The Hall–Kier alpha value is -2.22. The number of carboxylic acids is 1. The van der Waals surface area contributed by atoms with Crippen molar-refractivity contribution in [2.24, 2.45) is 0 Å². The summed E-state index contributed by atoms with van der Waals surface area (Å²) in [5, 5.41) is 18.5. The number of H-pyrrole nitrogens is 1. The molecular formula is C17H21N4O3S-. The average Bonchev–Trinajstić information content (AvgIpc) is 3.17. The first-order valence-electron chi connectivity index (χ1n) is 8.52. The number of rotatable bonds is 6. The number of aromatic amines is 1. The van der Waals surface area contributed by atoms with E-state index < -0.39 is 5.97 Å². The number of carbonyl (C=O) groups excluding carboxylic acids is 1. The van der Waals surface area contributed by atoms with Crippen molar-refractivity contribution in [3.05, 3.63) is 28.6 Å². The van der Waals surface area contributed by atoms with Gasteiger partial charge < -0.3 is 19.2 Å². The highest BCUT2D eigenvalue weighted by Crippen LogP contribution is 2.28. The maximum atomic E-state index is 11.4. The van der Waals surface area contributed by atoms with Gasteiger partial charge in [0.15, 0.2) is 5.88 Å². The van der Waals surface area contributed by atoms with Crippen LogP contribution in [0.25, 0.3) is 6.08 Å². The Morgan fingerprint density at radius 1 is 1.36 bits per heavy atom. The summed E-state index contributed by atoms with van der Waals surface area (Å²) in [6.45, 7) is 3.88. The maximum absolute atomic E-state index is 11.4. The Balaban J connectivity index is 1.75. The average molecular weight is 361 g/mol. The molecule has 1 aliphatic heterocycles. The fourth-order valence-corrected chi connectivity index (χ4v) is 3.42. The van der Waals surface area contributed by atoms with Crippen LogP contribution in [0.1, 0.15) is 44.2 Å². The van der Waals surface area contributed by atoms with Gasteiger partial charge >= 0.3 is 0 Å². The number of nitrogens with one attached hydrogen (secondary N) is 1. The molecule has 1 aliphatic rings. The van der Waals surface area contributed by atoms with E-state index in [4.69, 9.17) is 4.42 Å². The molecule has 0 saturated carbocycles. The fourth-order valence-electron chi connectivity index (χ4n) is 2.72. The van der Waals surface area contributed by atoms with Gasteiger partial charge in [-0.2, -0.15) is 0 Å². The summed E-state index contributed by atoms with van der Waals surface area (Å²) in [4.78, 5) is 17.8. The van der Waals surface area contributed by atoms with Gasteiger partial charge in [-0.25, -0.2) is 4.98 Å². The predicted octanol–water partition coefficient (Wildman–Crippen LogP) is 2.22. The molecule has 1 fully saturated rings. The predicted molar refractivity (Wildman–Crippen MR) is 94.0 cm³/mol. The number of furan rings is 1. The lowest BCUT2D eigenvalue weighted by Gasteiger charge is -2.18. The highest BCUT2D eigenvalue weighted by atomic mass is 32.2. The second kappa shape index (κ2) is 8.24. The highest BCUT2D eigenvalue weighted by Gasteiger charge is 2.14. The molecule has 2 aromatic rings. The van der Waals surface area contributed by atoms with Gasteiger partial charge in [0, 0.05) is 30.5 Å². The van der Waals surface area contributed by atoms with E-state index in [-0.39, 0.29) is 4.91 Å². The number of aliphatic carboxylic acids is 1. The van der Waals surface area contributed by atoms with Crippen molar-refractivity contribution in [3.63, 3.8) is 0 Å². The van der Waals surface area contributed by atoms with Crippen molar-refractivity contribution >= 4 is 29.7 Å². The number of hydrogen-bond acceptors (Lipinski definition) is 7.